The molecular formula is C10H3B5BrClFN3O. The summed E-state index contributed by atoms with van der Waals surface area (Å²) in [5, 5.41) is -0.305. The topological polar surface area (TPSA) is 39.9 Å². The van der Waals surface area contributed by atoms with Gasteiger partial charge >= 0.3 is 6.01 Å². The summed E-state index contributed by atoms with van der Waals surface area (Å²) in [5.74, 6) is -0.437. The van der Waals surface area contributed by atoms with Crippen molar-refractivity contribution in [2.75, 3.05) is 0 Å². The summed E-state index contributed by atoms with van der Waals surface area (Å²) >= 11 is 8.71. The molecule has 0 saturated carbocycles. The molecule has 0 spiro atoms. The van der Waals surface area contributed by atoms with Crippen molar-refractivity contribution in [2.45, 2.75) is 10.5 Å². The normalized spacial score (nSPS) is 12.3. The van der Waals surface area contributed by atoms with Gasteiger partial charge in [0.1, 0.15) is 11.6 Å². The standard InChI is InChI=1S/C10H3B5BrClFN3O/c11-9(12,13)10(14,15)21-8(19-7(16)20-21)22-4-1-2-6(18)5(17)3-4/h1-3H. The fraction of sp³-hybridized carbons (Fsp3) is 0.200. The van der Waals surface area contributed by atoms with E-state index in [1.165, 1.54) is 12.1 Å². The Balaban J connectivity index is 2.43. The monoisotopic (exact) mass is 369 g/mol. The number of rotatable bonds is 4. The number of nitrogens with zero attached hydrogens (tertiary/aromatic N) is 3. The molecule has 0 fully saturated rings. The zero-order valence-corrected chi connectivity index (χ0v) is 13.3. The average Bonchev–Trinajstić information content (AvgIpc) is 2.74. The van der Waals surface area contributed by atoms with Gasteiger partial charge in [-0.2, -0.15) is 4.98 Å². The molecule has 12 heteroatoms. The number of hydrogen-bond donors (Lipinski definition) is 0. The second-order valence-corrected chi connectivity index (χ2v) is 5.63. The highest BCUT2D eigenvalue weighted by Gasteiger charge is 2.35. The third kappa shape index (κ3) is 3.40. The molecule has 1 aromatic heterocycles. The van der Waals surface area contributed by atoms with E-state index in [4.69, 9.17) is 55.6 Å². The number of ether oxygens (including phenoxy) is 1. The Bertz CT molecular complexity index is 708. The third-order valence-corrected chi connectivity index (χ3v) is 3.32. The summed E-state index contributed by atoms with van der Waals surface area (Å²) in [7, 11) is 28.2. The van der Waals surface area contributed by atoms with Crippen molar-refractivity contribution in [3.05, 3.63) is 33.8 Å². The Labute approximate surface area is 146 Å². The third-order valence-electron chi connectivity index (χ3n) is 2.70. The minimum Gasteiger partial charge on any atom is -0.424 e. The maximum atomic E-state index is 13.1. The lowest BCUT2D eigenvalue weighted by atomic mass is 9.26. The highest BCUT2D eigenvalue weighted by atomic mass is 79.9. The molecule has 4 nitrogen and oxygen atoms in total. The Kier molecular flexibility index (Phi) is 4.78. The van der Waals surface area contributed by atoms with Gasteiger partial charge in [0.15, 0.2) is 0 Å². The van der Waals surface area contributed by atoms with Crippen LogP contribution in [0.25, 0.3) is 0 Å². The lowest BCUT2D eigenvalue weighted by Crippen LogP contribution is -2.49. The number of benzene rings is 1. The van der Waals surface area contributed by atoms with Gasteiger partial charge in [0, 0.05) is 6.07 Å². The molecule has 0 bridgehead atoms. The molecule has 100 valence electrons. The zero-order chi connectivity index (χ0) is 16.7. The van der Waals surface area contributed by atoms with E-state index < -0.39 is 16.3 Å². The van der Waals surface area contributed by atoms with Crippen molar-refractivity contribution in [1.29, 1.82) is 0 Å². The maximum absolute atomic E-state index is 13.1. The van der Waals surface area contributed by atoms with E-state index in [2.05, 4.69) is 26.0 Å². The largest absolute Gasteiger partial charge is 0.424 e. The molecular weight excluding hydrogens is 367 g/mol. The molecule has 0 N–H and O–H groups in total. The van der Waals surface area contributed by atoms with E-state index in [-0.39, 0.29) is 21.5 Å². The van der Waals surface area contributed by atoms with Crippen LogP contribution in [0.2, 0.25) is 10.1 Å². The van der Waals surface area contributed by atoms with Crippen molar-refractivity contribution in [3.8, 4) is 11.8 Å². The zero-order valence-electron chi connectivity index (χ0n) is 11.0. The minimum absolute atomic E-state index is 0.0974. The maximum Gasteiger partial charge on any atom is 0.320 e. The summed E-state index contributed by atoms with van der Waals surface area (Å²) < 4.78 is 19.6. The van der Waals surface area contributed by atoms with Crippen molar-refractivity contribution >= 4 is 66.8 Å². The Morgan fingerprint density at radius 2 is 1.86 bits per heavy atom. The molecule has 0 aliphatic heterocycles. The molecule has 1 aromatic carbocycles. The number of aromatic nitrogens is 3. The van der Waals surface area contributed by atoms with Crippen LogP contribution in [0.15, 0.2) is 22.9 Å². The van der Waals surface area contributed by atoms with Crippen LogP contribution >= 0.6 is 27.5 Å². The lowest BCUT2D eigenvalue weighted by Gasteiger charge is -2.41. The minimum atomic E-state index is -2.03. The molecule has 0 unspecified atom stereocenters. The van der Waals surface area contributed by atoms with Gasteiger partial charge in [0.2, 0.25) is 4.73 Å². The highest BCUT2D eigenvalue weighted by Crippen LogP contribution is 2.34. The molecule has 22 heavy (non-hydrogen) atoms. The molecule has 2 aromatic rings. The molecule has 0 aliphatic rings. The molecule has 2 rings (SSSR count). The first kappa shape index (κ1) is 17.5. The van der Waals surface area contributed by atoms with Crippen LogP contribution in [0.5, 0.6) is 11.8 Å². The van der Waals surface area contributed by atoms with Crippen molar-refractivity contribution < 1.29 is 9.13 Å². The fourth-order valence-electron chi connectivity index (χ4n) is 1.41. The van der Waals surface area contributed by atoms with Gasteiger partial charge in [-0.15, -0.1) is 10.2 Å². The Morgan fingerprint density at radius 1 is 1.23 bits per heavy atom. The van der Waals surface area contributed by atoms with Crippen LogP contribution in [0, 0.1) is 5.82 Å². The van der Waals surface area contributed by atoms with Gasteiger partial charge in [-0.05, 0) is 33.4 Å². The molecule has 1 heterocycles. The summed E-state index contributed by atoms with van der Waals surface area (Å²) in [5.41, 5.74) is 0. The summed E-state index contributed by atoms with van der Waals surface area (Å²) in [6.45, 7) is 0. The van der Waals surface area contributed by atoms with Crippen LogP contribution < -0.4 is 4.74 Å². The average molecular weight is 370 g/mol. The van der Waals surface area contributed by atoms with Crippen molar-refractivity contribution in [3.63, 3.8) is 0 Å². The molecule has 0 atom stereocenters. The molecule has 0 saturated heterocycles. The molecule has 10 radical (unpaired) electrons. The Morgan fingerprint density at radius 3 is 2.41 bits per heavy atom. The van der Waals surface area contributed by atoms with Gasteiger partial charge in [0.05, 0.1) is 44.3 Å². The van der Waals surface area contributed by atoms with E-state index in [9.17, 15) is 4.39 Å². The second kappa shape index (κ2) is 6.00. The van der Waals surface area contributed by atoms with E-state index in [0.717, 1.165) is 10.7 Å². The fourth-order valence-corrected chi connectivity index (χ4v) is 1.89. The van der Waals surface area contributed by atoms with Crippen LogP contribution in [0.3, 0.4) is 0 Å². The van der Waals surface area contributed by atoms with Crippen molar-refractivity contribution in [2.24, 2.45) is 0 Å². The SMILES string of the molecule is [B]C([B])([B])C([B])([B])n1nc(Br)nc1Oc1ccc(F)c(Cl)c1. The first-order valence-corrected chi connectivity index (χ1v) is 6.90. The van der Waals surface area contributed by atoms with Crippen LogP contribution in [-0.2, 0) is 5.34 Å². The predicted molar refractivity (Wildman–Crippen MR) is 88.6 cm³/mol. The summed E-state index contributed by atoms with van der Waals surface area (Å²) in [6, 6.07) is 3.50. The van der Waals surface area contributed by atoms with E-state index in [0.29, 0.717) is 0 Å². The van der Waals surface area contributed by atoms with Gasteiger partial charge in [0.25, 0.3) is 0 Å². The summed E-state index contributed by atoms with van der Waals surface area (Å²) in [6.07, 6.45) is 0. The smallest absolute Gasteiger partial charge is 0.320 e. The van der Waals surface area contributed by atoms with Crippen molar-refractivity contribution in [1.82, 2.24) is 14.8 Å². The Hall–Kier alpha value is -0.815. The van der Waals surface area contributed by atoms with Crippen LogP contribution in [-0.4, -0.2) is 54.0 Å². The second-order valence-electron chi connectivity index (χ2n) is 4.51. The quantitative estimate of drug-likeness (QED) is 0.759. The van der Waals surface area contributed by atoms with Gasteiger partial charge in [-0.1, -0.05) is 11.6 Å². The number of hydrogen-bond acceptors (Lipinski definition) is 3. The first-order chi connectivity index (χ1) is 10.0. The van der Waals surface area contributed by atoms with Crippen LogP contribution in [0.1, 0.15) is 0 Å². The van der Waals surface area contributed by atoms with Gasteiger partial charge in [-0.25, -0.2) is 9.07 Å². The van der Waals surface area contributed by atoms with Gasteiger partial charge in [-0.3, -0.25) is 0 Å². The van der Waals surface area contributed by atoms with Crippen LogP contribution in [0.4, 0.5) is 4.39 Å². The highest BCUT2D eigenvalue weighted by molar-refractivity contribution is 9.10. The lowest BCUT2D eigenvalue weighted by molar-refractivity contribution is 0.375. The van der Waals surface area contributed by atoms with E-state index in [1.54, 1.807) is 0 Å². The summed E-state index contributed by atoms with van der Waals surface area (Å²) in [4.78, 5) is 3.92. The number of halogens is 3. The van der Waals surface area contributed by atoms with E-state index in [1.807, 2.05) is 0 Å². The van der Waals surface area contributed by atoms with E-state index >= 15 is 0 Å². The first-order valence-electron chi connectivity index (χ1n) is 5.72. The predicted octanol–water partition coefficient (Wildman–Crippen LogP) is 1.15. The molecule has 0 aliphatic carbocycles. The van der Waals surface area contributed by atoms with Gasteiger partial charge < -0.3 is 4.74 Å². The molecule has 0 amide bonds.